The van der Waals surface area contributed by atoms with E-state index in [1.54, 1.807) is 18.2 Å². The number of aromatic nitrogens is 1. The summed E-state index contributed by atoms with van der Waals surface area (Å²) in [5.41, 5.74) is 5.02. The van der Waals surface area contributed by atoms with Crippen LogP contribution < -0.4 is 0 Å². The van der Waals surface area contributed by atoms with Crippen LogP contribution in [0.5, 0.6) is 5.75 Å². The van der Waals surface area contributed by atoms with Crippen LogP contribution in [0.3, 0.4) is 0 Å². The number of nitrogens with zero attached hydrogens (tertiary/aromatic N) is 2. The summed E-state index contributed by atoms with van der Waals surface area (Å²) in [6.07, 6.45) is 3.38. The van der Waals surface area contributed by atoms with Crippen molar-refractivity contribution in [1.82, 2.24) is 9.47 Å². The molecule has 4 rings (SSSR count). The lowest BCUT2D eigenvalue weighted by molar-refractivity contribution is -0.122. The number of carbonyl (C=O) groups excluding carboxylic acids is 2. The number of thioether (sulfide) groups is 1. The van der Waals surface area contributed by atoms with E-state index in [1.165, 1.54) is 10.5 Å². The number of carbonyl (C=O) groups is 2. The average Bonchev–Trinajstić information content (AvgIpc) is 3.19. The number of rotatable bonds is 6. The van der Waals surface area contributed by atoms with Gasteiger partial charge >= 0.3 is 0 Å². The minimum absolute atomic E-state index is 0.211. The highest BCUT2D eigenvalue weighted by molar-refractivity contribution is 8.18. The molecule has 2 amide bonds. The van der Waals surface area contributed by atoms with Gasteiger partial charge in [0.1, 0.15) is 5.75 Å². The Labute approximate surface area is 186 Å². The molecule has 0 saturated carbocycles. The Morgan fingerprint density at radius 1 is 1.00 bits per heavy atom. The number of aryl methyl sites for hydroxylation is 2. The van der Waals surface area contributed by atoms with Crippen LogP contribution in [0, 0.1) is 13.8 Å². The number of hydrogen-bond donors (Lipinski definition) is 1. The fourth-order valence-electron chi connectivity index (χ4n) is 3.85. The highest BCUT2D eigenvalue weighted by Gasteiger charge is 2.34. The molecule has 158 valence electrons. The maximum Gasteiger partial charge on any atom is 0.293 e. The second-order valence-corrected chi connectivity index (χ2v) is 8.59. The molecule has 1 fully saturated rings. The molecule has 31 heavy (non-hydrogen) atoms. The summed E-state index contributed by atoms with van der Waals surface area (Å²) in [5, 5.41) is 9.34. The zero-order valence-corrected chi connectivity index (χ0v) is 18.4. The standard InChI is InChI=1S/C25H24N2O3S/c1-17-15-20(18(2)27(17)21-10-12-22(28)13-11-21)16-23-24(29)26(25(30)31-23)14-6-9-19-7-4-3-5-8-19/h3-5,7-8,10-13,15-16,28H,6,9,14H2,1-2H3/b23-16+. The molecule has 6 heteroatoms. The smallest absolute Gasteiger partial charge is 0.293 e. The van der Waals surface area contributed by atoms with Crippen LogP contribution in [0.2, 0.25) is 0 Å². The Bertz CT molecular complexity index is 1150. The second-order valence-electron chi connectivity index (χ2n) is 7.60. The maximum atomic E-state index is 12.9. The molecule has 0 atom stereocenters. The summed E-state index contributed by atoms with van der Waals surface area (Å²) in [7, 11) is 0. The van der Waals surface area contributed by atoms with Gasteiger partial charge in [-0.2, -0.15) is 0 Å². The maximum absolute atomic E-state index is 12.9. The largest absolute Gasteiger partial charge is 0.508 e. The van der Waals surface area contributed by atoms with Crippen molar-refractivity contribution in [2.75, 3.05) is 6.54 Å². The third kappa shape index (κ3) is 4.44. The van der Waals surface area contributed by atoms with E-state index < -0.39 is 0 Å². The molecule has 5 nitrogen and oxygen atoms in total. The molecule has 0 spiro atoms. The van der Waals surface area contributed by atoms with E-state index in [-0.39, 0.29) is 16.9 Å². The Morgan fingerprint density at radius 3 is 2.42 bits per heavy atom. The van der Waals surface area contributed by atoms with Crippen LogP contribution >= 0.6 is 11.8 Å². The molecule has 3 aromatic rings. The van der Waals surface area contributed by atoms with Gasteiger partial charge in [0.2, 0.25) is 0 Å². The lowest BCUT2D eigenvalue weighted by Crippen LogP contribution is -2.29. The Hall–Kier alpha value is -3.25. The summed E-state index contributed by atoms with van der Waals surface area (Å²) >= 11 is 1.00. The SMILES string of the molecule is Cc1cc(/C=C2/SC(=O)N(CCCc3ccccc3)C2=O)c(C)n1-c1ccc(O)cc1. The molecule has 1 saturated heterocycles. The van der Waals surface area contributed by atoms with Crippen LogP contribution in [0.1, 0.15) is 28.9 Å². The molecule has 0 unspecified atom stereocenters. The molecule has 2 heterocycles. The third-order valence-electron chi connectivity index (χ3n) is 5.43. The molecular formula is C25H24N2O3S. The van der Waals surface area contributed by atoms with Crippen molar-refractivity contribution < 1.29 is 14.7 Å². The van der Waals surface area contributed by atoms with E-state index in [9.17, 15) is 14.7 Å². The van der Waals surface area contributed by atoms with E-state index in [0.717, 1.165) is 47.2 Å². The van der Waals surface area contributed by atoms with Crippen LogP contribution in [-0.2, 0) is 11.2 Å². The summed E-state index contributed by atoms with van der Waals surface area (Å²) in [6.45, 7) is 4.39. The number of benzene rings is 2. The van der Waals surface area contributed by atoms with Gasteiger partial charge in [0.05, 0.1) is 4.91 Å². The van der Waals surface area contributed by atoms with E-state index in [1.807, 2.05) is 50.2 Å². The topological polar surface area (TPSA) is 62.5 Å². The summed E-state index contributed by atoms with van der Waals surface area (Å²) in [4.78, 5) is 27.1. The van der Waals surface area contributed by atoms with Crippen molar-refractivity contribution in [1.29, 1.82) is 0 Å². The van der Waals surface area contributed by atoms with Gasteiger partial charge < -0.3 is 9.67 Å². The lowest BCUT2D eigenvalue weighted by Gasteiger charge is -2.12. The van der Waals surface area contributed by atoms with Crippen molar-refractivity contribution in [3.63, 3.8) is 0 Å². The molecule has 1 aliphatic heterocycles. The van der Waals surface area contributed by atoms with Crippen LogP contribution in [0.4, 0.5) is 4.79 Å². The van der Waals surface area contributed by atoms with E-state index >= 15 is 0 Å². The Morgan fingerprint density at radius 2 is 1.71 bits per heavy atom. The molecular weight excluding hydrogens is 408 g/mol. The fraction of sp³-hybridized carbons (Fsp3) is 0.200. The second kappa shape index (κ2) is 8.86. The number of phenols is 1. The van der Waals surface area contributed by atoms with Crippen LogP contribution in [0.25, 0.3) is 11.8 Å². The summed E-state index contributed by atoms with van der Waals surface area (Å²) in [6, 6.07) is 19.1. The zero-order chi connectivity index (χ0) is 22.0. The van der Waals surface area contributed by atoms with Gasteiger partial charge in [-0.25, -0.2) is 0 Å². The average molecular weight is 433 g/mol. The highest BCUT2D eigenvalue weighted by Crippen LogP contribution is 2.34. The normalized spacial score (nSPS) is 15.3. The molecule has 2 aromatic carbocycles. The predicted molar refractivity (Wildman–Crippen MR) is 124 cm³/mol. The van der Waals surface area contributed by atoms with E-state index in [4.69, 9.17) is 0 Å². The van der Waals surface area contributed by atoms with Gasteiger partial charge in [0, 0.05) is 23.6 Å². The first-order valence-electron chi connectivity index (χ1n) is 10.2. The predicted octanol–water partition coefficient (Wildman–Crippen LogP) is 5.47. The van der Waals surface area contributed by atoms with Crippen molar-refractivity contribution in [2.45, 2.75) is 26.7 Å². The van der Waals surface area contributed by atoms with Gasteiger partial charge in [-0.3, -0.25) is 14.5 Å². The molecule has 1 N–H and O–H groups in total. The Kier molecular flexibility index (Phi) is 6.00. The summed E-state index contributed by atoms with van der Waals surface area (Å²) in [5.74, 6) is -0.00938. The number of amides is 2. The van der Waals surface area contributed by atoms with Crippen molar-refractivity contribution in [3.8, 4) is 11.4 Å². The Balaban J connectivity index is 1.50. The monoisotopic (exact) mass is 432 g/mol. The van der Waals surface area contributed by atoms with Gasteiger partial charge in [-0.1, -0.05) is 30.3 Å². The third-order valence-corrected chi connectivity index (χ3v) is 6.34. The summed E-state index contributed by atoms with van der Waals surface area (Å²) < 4.78 is 2.06. The van der Waals surface area contributed by atoms with Gasteiger partial charge in [0.15, 0.2) is 0 Å². The van der Waals surface area contributed by atoms with Gasteiger partial charge in [-0.05, 0) is 86.0 Å². The minimum atomic E-state index is -0.225. The fourth-order valence-corrected chi connectivity index (χ4v) is 4.71. The van der Waals surface area contributed by atoms with E-state index in [2.05, 4.69) is 16.7 Å². The molecule has 0 aliphatic carbocycles. The molecule has 0 bridgehead atoms. The van der Waals surface area contributed by atoms with Crippen molar-refractivity contribution >= 4 is 29.0 Å². The molecule has 0 radical (unpaired) electrons. The minimum Gasteiger partial charge on any atom is -0.508 e. The quantitative estimate of drug-likeness (QED) is 0.525. The van der Waals surface area contributed by atoms with Crippen LogP contribution in [0.15, 0.2) is 65.6 Å². The first-order chi connectivity index (χ1) is 14.9. The molecule has 1 aliphatic rings. The number of imide groups is 1. The van der Waals surface area contributed by atoms with Gasteiger partial charge in [-0.15, -0.1) is 0 Å². The lowest BCUT2D eigenvalue weighted by atomic mass is 10.1. The van der Waals surface area contributed by atoms with E-state index in [0.29, 0.717) is 11.4 Å². The van der Waals surface area contributed by atoms with Gasteiger partial charge in [0.25, 0.3) is 11.1 Å². The molecule has 1 aromatic heterocycles. The zero-order valence-electron chi connectivity index (χ0n) is 17.5. The number of aromatic hydroxyl groups is 1. The number of hydrogen-bond acceptors (Lipinski definition) is 4. The van der Waals surface area contributed by atoms with Crippen molar-refractivity contribution in [2.24, 2.45) is 0 Å². The highest BCUT2D eigenvalue weighted by atomic mass is 32.2. The first kappa shape index (κ1) is 21.0. The first-order valence-corrected chi connectivity index (χ1v) is 11.0. The number of phenolic OH excluding ortho intramolecular Hbond substituents is 1. The van der Waals surface area contributed by atoms with Crippen molar-refractivity contribution in [3.05, 3.63) is 88.1 Å². The van der Waals surface area contributed by atoms with Crippen LogP contribution in [-0.4, -0.2) is 32.3 Å².